The molecule has 138 valence electrons. The van der Waals surface area contributed by atoms with Gasteiger partial charge in [0.05, 0.1) is 11.2 Å². The van der Waals surface area contributed by atoms with E-state index in [0.717, 1.165) is 5.56 Å². The molecule has 1 unspecified atom stereocenters. The number of furan rings is 1. The average molecular weight is 373 g/mol. The lowest BCUT2D eigenvalue weighted by Gasteiger charge is -2.19. The molecule has 0 spiro atoms. The van der Waals surface area contributed by atoms with Crippen LogP contribution in [-0.2, 0) is 15.4 Å². The fourth-order valence-corrected chi connectivity index (χ4v) is 3.71. The molecule has 0 radical (unpaired) electrons. The fraction of sp³-hybridized carbons (Fsp3) is 0.316. The maximum Gasteiger partial charge on any atom is 0.240 e. The normalized spacial score (nSPS) is 13.7. The summed E-state index contributed by atoms with van der Waals surface area (Å²) in [5.41, 5.74) is 1.06. The minimum Gasteiger partial charge on any atom is -0.467 e. The highest BCUT2D eigenvalue weighted by Gasteiger charge is 2.22. The van der Waals surface area contributed by atoms with E-state index in [1.54, 1.807) is 53.7 Å². The molecular formula is C19H23N3O3S. The van der Waals surface area contributed by atoms with Crippen molar-refractivity contribution in [2.24, 2.45) is 0 Å². The van der Waals surface area contributed by atoms with Crippen molar-refractivity contribution in [3.63, 3.8) is 0 Å². The third-order valence-electron chi connectivity index (χ3n) is 4.21. The van der Waals surface area contributed by atoms with Gasteiger partial charge in [0.2, 0.25) is 10.0 Å². The summed E-state index contributed by atoms with van der Waals surface area (Å²) in [6.45, 7) is 6.41. The van der Waals surface area contributed by atoms with E-state index in [1.807, 2.05) is 12.1 Å². The van der Waals surface area contributed by atoms with Gasteiger partial charge in [-0.05, 0) is 41.3 Å². The van der Waals surface area contributed by atoms with Gasteiger partial charge < -0.3 is 4.42 Å². The maximum absolute atomic E-state index is 12.7. The van der Waals surface area contributed by atoms with Gasteiger partial charge >= 0.3 is 0 Å². The van der Waals surface area contributed by atoms with Crippen molar-refractivity contribution >= 4 is 10.0 Å². The quantitative estimate of drug-likeness (QED) is 0.719. The molecule has 3 aromatic rings. The Bertz CT molecular complexity index is 889. The number of rotatable bonds is 6. The van der Waals surface area contributed by atoms with Gasteiger partial charge in [0.15, 0.2) is 0 Å². The van der Waals surface area contributed by atoms with Gasteiger partial charge in [-0.1, -0.05) is 32.9 Å². The second kappa shape index (κ2) is 7.09. The van der Waals surface area contributed by atoms with Crippen LogP contribution in [0, 0.1) is 0 Å². The van der Waals surface area contributed by atoms with Crippen LogP contribution in [0.25, 0.3) is 0 Å². The number of sulfonamides is 1. The number of nitrogens with one attached hydrogen (secondary N) is 1. The molecule has 1 N–H and O–H groups in total. The number of aromatic nitrogens is 2. The van der Waals surface area contributed by atoms with Crippen molar-refractivity contribution in [1.82, 2.24) is 14.5 Å². The van der Waals surface area contributed by atoms with Crippen molar-refractivity contribution in [2.75, 3.05) is 6.54 Å². The number of hydrogen-bond acceptors (Lipinski definition) is 4. The highest BCUT2D eigenvalue weighted by Crippen LogP contribution is 2.24. The van der Waals surface area contributed by atoms with Crippen LogP contribution in [-0.4, -0.2) is 24.7 Å². The van der Waals surface area contributed by atoms with Gasteiger partial charge in [-0.2, -0.15) is 5.10 Å². The molecule has 0 amide bonds. The minimum absolute atomic E-state index is 0.0276. The van der Waals surface area contributed by atoms with Crippen LogP contribution in [0.15, 0.2) is 70.4 Å². The molecular weight excluding hydrogens is 350 g/mol. The summed E-state index contributed by atoms with van der Waals surface area (Å²) in [5.74, 6) is 0.638. The summed E-state index contributed by atoms with van der Waals surface area (Å²) in [6.07, 6.45) is 4.99. The Morgan fingerprint density at radius 1 is 1.15 bits per heavy atom. The van der Waals surface area contributed by atoms with Gasteiger partial charge in [-0.3, -0.25) is 4.68 Å². The zero-order chi connectivity index (χ0) is 18.8. The van der Waals surface area contributed by atoms with Crippen LogP contribution in [0.2, 0.25) is 0 Å². The summed E-state index contributed by atoms with van der Waals surface area (Å²) < 4.78 is 35.1. The van der Waals surface area contributed by atoms with E-state index in [-0.39, 0.29) is 22.9 Å². The second-order valence-electron chi connectivity index (χ2n) is 7.14. The molecule has 7 heteroatoms. The second-order valence-corrected chi connectivity index (χ2v) is 8.91. The van der Waals surface area contributed by atoms with Crippen molar-refractivity contribution in [2.45, 2.75) is 37.1 Å². The smallest absolute Gasteiger partial charge is 0.240 e. The predicted molar refractivity (Wildman–Crippen MR) is 99.4 cm³/mol. The standard InChI is InChI=1S/C19H23N3O3S/c1-19(2,3)15-7-9-16(10-8-15)26(23,24)21-14-17(18-6-4-13-25-18)22-12-5-11-20-22/h4-13,17,21H,14H2,1-3H3. The van der Waals surface area contributed by atoms with E-state index in [9.17, 15) is 8.42 Å². The Morgan fingerprint density at radius 3 is 2.42 bits per heavy atom. The molecule has 0 fully saturated rings. The van der Waals surface area contributed by atoms with Gasteiger partial charge in [-0.15, -0.1) is 0 Å². The molecule has 0 bridgehead atoms. The highest BCUT2D eigenvalue weighted by molar-refractivity contribution is 7.89. The largest absolute Gasteiger partial charge is 0.467 e. The first kappa shape index (κ1) is 18.4. The summed E-state index contributed by atoms with van der Waals surface area (Å²) in [7, 11) is -3.63. The van der Waals surface area contributed by atoms with Crippen molar-refractivity contribution in [3.05, 3.63) is 72.4 Å². The summed E-state index contributed by atoms with van der Waals surface area (Å²) >= 11 is 0. The maximum atomic E-state index is 12.7. The third kappa shape index (κ3) is 4.05. The molecule has 0 saturated carbocycles. The van der Waals surface area contributed by atoms with Gasteiger partial charge in [0.1, 0.15) is 11.8 Å². The first-order valence-corrected chi connectivity index (χ1v) is 9.88. The van der Waals surface area contributed by atoms with Crippen LogP contribution in [0.5, 0.6) is 0 Å². The lowest BCUT2D eigenvalue weighted by atomic mass is 9.87. The predicted octanol–water partition coefficient (Wildman–Crippen LogP) is 3.34. The number of benzene rings is 1. The monoisotopic (exact) mass is 373 g/mol. The zero-order valence-electron chi connectivity index (χ0n) is 15.1. The molecule has 0 aliphatic heterocycles. The van der Waals surface area contributed by atoms with E-state index in [1.165, 1.54) is 0 Å². The molecule has 1 aromatic carbocycles. The van der Waals surface area contributed by atoms with Gasteiger partial charge in [0.25, 0.3) is 0 Å². The van der Waals surface area contributed by atoms with Crippen molar-refractivity contribution < 1.29 is 12.8 Å². The summed E-state index contributed by atoms with van der Waals surface area (Å²) in [5, 5.41) is 4.21. The SMILES string of the molecule is CC(C)(C)c1ccc(S(=O)(=O)NCC(c2ccco2)n2cccn2)cc1. The van der Waals surface area contributed by atoms with E-state index in [4.69, 9.17) is 4.42 Å². The van der Waals surface area contributed by atoms with E-state index < -0.39 is 10.0 Å². The molecule has 26 heavy (non-hydrogen) atoms. The van der Waals surface area contributed by atoms with Crippen LogP contribution in [0.3, 0.4) is 0 Å². The first-order valence-electron chi connectivity index (χ1n) is 8.40. The molecule has 0 aliphatic rings. The minimum atomic E-state index is -3.63. The summed E-state index contributed by atoms with van der Waals surface area (Å²) in [6, 6.07) is 12.0. The molecule has 1 atom stereocenters. The number of hydrogen-bond donors (Lipinski definition) is 1. The van der Waals surface area contributed by atoms with Crippen molar-refractivity contribution in [1.29, 1.82) is 0 Å². The van der Waals surface area contributed by atoms with Gasteiger partial charge in [0, 0.05) is 18.9 Å². The first-order chi connectivity index (χ1) is 12.3. The fourth-order valence-electron chi connectivity index (χ4n) is 2.68. The average Bonchev–Trinajstić information content (AvgIpc) is 3.28. The number of nitrogens with zero attached hydrogens (tertiary/aromatic N) is 2. The molecule has 0 aliphatic carbocycles. The third-order valence-corrected chi connectivity index (χ3v) is 5.65. The van der Waals surface area contributed by atoms with Crippen LogP contribution < -0.4 is 4.72 Å². The van der Waals surface area contributed by atoms with Crippen molar-refractivity contribution in [3.8, 4) is 0 Å². The molecule has 0 saturated heterocycles. The molecule has 3 rings (SSSR count). The van der Waals surface area contributed by atoms with Crippen LogP contribution in [0.1, 0.15) is 38.1 Å². The Hall–Kier alpha value is -2.38. The molecule has 2 heterocycles. The molecule has 2 aromatic heterocycles. The Morgan fingerprint density at radius 2 is 1.88 bits per heavy atom. The highest BCUT2D eigenvalue weighted by atomic mass is 32.2. The lowest BCUT2D eigenvalue weighted by Crippen LogP contribution is -2.31. The van der Waals surface area contributed by atoms with E-state index in [0.29, 0.717) is 5.76 Å². The van der Waals surface area contributed by atoms with Crippen LogP contribution >= 0.6 is 0 Å². The van der Waals surface area contributed by atoms with E-state index >= 15 is 0 Å². The van der Waals surface area contributed by atoms with Gasteiger partial charge in [-0.25, -0.2) is 13.1 Å². The zero-order valence-corrected chi connectivity index (χ0v) is 15.9. The Balaban J connectivity index is 1.78. The molecule has 6 nitrogen and oxygen atoms in total. The summed E-state index contributed by atoms with van der Waals surface area (Å²) in [4.78, 5) is 0.240. The topological polar surface area (TPSA) is 77.1 Å². The lowest BCUT2D eigenvalue weighted by molar-refractivity contribution is 0.402. The van der Waals surface area contributed by atoms with E-state index in [2.05, 4.69) is 30.6 Å². The Labute approximate surface area is 153 Å². The van der Waals surface area contributed by atoms with Crippen LogP contribution in [0.4, 0.5) is 0 Å². The Kier molecular flexibility index (Phi) is 5.02.